The summed E-state index contributed by atoms with van der Waals surface area (Å²) in [7, 11) is 1.98. The molecule has 0 saturated heterocycles. The fourth-order valence-corrected chi connectivity index (χ4v) is 1.07. The molecular weight excluding hydrogens is 178 g/mol. The van der Waals surface area contributed by atoms with Crippen LogP contribution < -0.4 is 4.90 Å². The second-order valence-corrected chi connectivity index (χ2v) is 3.04. The maximum Gasteiger partial charge on any atom is 0.0606 e. The lowest BCUT2D eigenvalue weighted by Crippen LogP contribution is -2.13. The molecule has 60 valence electrons. The zero-order chi connectivity index (χ0) is 8.27. The summed E-state index contributed by atoms with van der Waals surface area (Å²) in [5.41, 5.74) is 1.13. The Hall–Kier alpha value is -0.340. The van der Waals surface area contributed by atoms with Gasteiger partial charge in [-0.05, 0) is 24.3 Å². The fraction of sp³-hybridized carbons (Fsp3) is 0.250. The van der Waals surface area contributed by atoms with Crippen LogP contribution in [0.25, 0.3) is 0 Å². The number of hydrogen-bond acceptors (Lipinski definition) is 2. The van der Waals surface area contributed by atoms with E-state index in [1.54, 1.807) is 0 Å². The minimum Gasteiger partial charge on any atom is -0.366 e. The summed E-state index contributed by atoms with van der Waals surface area (Å²) in [5, 5.41) is 0.765. The van der Waals surface area contributed by atoms with Gasteiger partial charge in [0.05, 0.1) is 5.88 Å². The van der Waals surface area contributed by atoms with E-state index in [2.05, 4.69) is 12.6 Å². The molecule has 0 atom stereocenters. The van der Waals surface area contributed by atoms with Gasteiger partial charge in [-0.1, -0.05) is 11.6 Å². The maximum atomic E-state index is 5.72. The van der Waals surface area contributed by atoms with Crippen LogP contribution in [0.3, 0.4) is 0 Å². The highest BCUT2D eigenvalue weighted by molar-refractivity contribution is 7.80. The van der Waals surface area contributed by atoms with Gasteiger partial charge in [0.15, 0.2) is 0 Å². The van der Waals surface area contributed by atoms with E-state index in [0.29, 0.717) is 5.88 Å². The van der Waals surface area contributed by atoms with E-state index < -0.39 is 0 Å². The monoisotopic (exact) mass is 187 g/mol. The van der Waals surface area contributed by atoms with Crippen LogP contribution >= 0.6 is 24.2 Å². The molecule has 0 aromatic heterocycles. The van der Waals surface area contributed by atoms with Gasteiger partial charge in [-0.15, -0.1) is 0 Å². The highest BCUT2D eigenvalue weighted by atomic mass is 35.5. The van der Waals surface area contributed by atoms with E-state index in [1.807, 2.05) is 36.2 Å². The smallest absolute Gasteiger partial charge is 0.0606 e. The van der Waals surface area contributed by atoms with Crippen molar-refractivity contribution in [3.05, 3.63) is 29.3 Å². The molecule has 0 saturated carbocycles. The Morgan fingerprint density at radius 1 is 1.36 bits per heavy atom. The van der Waals surface area contributed by atoms with E-state index in [-0.39, 0.29) is 0 Å². The quantitative estimate of drug-likeness (QED) is 0.551. The zero-order valence-corrected chi connectivity index (χ0v) is 7.94. The molecule has 1 aromatic carbocycles. The van der Waals surface area contributed by atoms with Crippen LogP contribution in [0.4, 0.5) is 5.69 Å². The van der Waals surface area contributed by atoms with Crippen LogP contribution in [-0.2, 0) is 0 Å². The summed E-state index contributed by atoms with van der Waals surface area (Å²) in [4.78, 5) is 2.03. The first-order chi connectivity index (χ1) is 5.24. The minimum absolute atomic E-state index is 0.710. The molecule has 0 spiro atoms. The third-order valence-corrected chi connectivity index (χ3v) is 2.16. The normalized spacial score (nSPS) is 9.73. The standard InChI is InChI=1S/C8H10ClNS/c1-10(6-11)8-4-2-7(9)3-5-8/h2-5,11H,6H2,1H3. The average molecular weight is 188 g/mol. The predicted octanol–water partition coefficient (Wildman–Crippen LogP) is 2.66. The Morgan fingerprint density at radius 3 is 2.36 bits per heavy atom. The SMILES string of the molecule is CN(CS)c1ccc(Cl)cc1. The second kappa shape index (κ2) is 3.88. The summed E-state index contributed by atoms with van der Waals surface area (Å²) in [5.74, 6) is 0.710. The van der Waals surface area contributed by atoms with Gasteiger partial charge in [-0.3, -0.25) is 0 Å². The molecule has 0 unspecified atom stereocenters. The van der Waals surface area contributed by atoms with Gasteiger partial charge in [0, 0.05) is 17.8 Å². The molecule has 0 heterocycles. The molecule has 0 aliphatic carbocycles. The van der Waals surface area contributed by atoms with Gasteiger partial charge >= 0.3 is 0 Å². The van der Waals surface area contributed by atoms with Crippen molar-refractivity contribution in [2.75, 3.05) is 17.8 Å². The summed E-state index contributed by atoms with van der Waals surface area (Å²) in [6.07, 6.45) is 0. The highest BCUT2D eigenvalue weighted by Crippen LogP contribution is 2.16. The van der Waals surface area contributed by atoms with Gasteiger partial charge < -0.3 is 4.90 Å². The van der Waals surface area contributed by atoms with Gasteiger partial charge in [-0.25, -0.2) is 0 Å². The van der Waals surface area contributed by atoms with Crippen LogP contribution in [0.15, 0.2) is 24.3 Å². The highest BCUT2D eigenvalue weighted by Gasteiger charge is 1.95. The topological polar surface area (TPSA) is 3.24 Å². The average Bonchev–Trinajstić information content (AvgIpc) is 2.05. The van der Waals surface area contributed by atoms with E-state index in [0.717, 1.165) is 10.7 Å². The molecule has 3 heteroatoms. The van der Waals surface area contributed by atoms with Crippen molar-refractivity contribution in [1.29, 1.82) is 0 Å². The van der Waals surface area contributed by atoms with Gasteiger partial charge in [0.2, 0.25) is 0 Å². The largest absolute Gasteiger partial charge is 0.366 e. The van der Waals surface area contributed by atoms with E-state index in [1.165, 1.54) is 0 Å². The number of benzene rings is 1. The molecule has 1 nitrogen and oxygen atoms in total. The molecule has 0 aliphatic heterocycles. The first-order valence-corrected chi connectivity index (χ1v) is 4.32. The summed E-state index contributed by atoms with van der Waals surface area (Å²) in [6, 6.07) is 7.69. The van der Waals surface area contributed by atoms with Crippen molar-refractivity contribution in [3.8, 4) is 0 Å². The van der Waals surface area contributed by atoms with Crippen LogP contribution in [0.5, 0.6) is 0 Å². The van der Waals surface area contributed by atoms with Crippen molar-refractivity contribution >= 4 is 29.9 Å². The third-order valence-electron chi connectivity index (χ3n) is 1.48. The summed E-state index contributed by atoms with van der Waals surface area (Å²) >= 11 is 9.87. The predicted molar refractivity (Wildman–Crippen MR) is 53.7 cm³/mol. The molecule has 0 N–H and O–H groups in total. The van der Waals surface area contributed by atoms with Crippen LogP contribution in [0, 0.1) is 0 Å². The molecule has 0 fully saturated rings. The molecule has 0 radical (unpaired) electrons. The Labute approximate surface area is 77.4 Å². The van der Waals surface area contributed by atoms with Crippen LogP contribution in [-0.4, -0.2) is 12.9 Å². The third kappa shape index (κ3) is 2.31. The molecule has 11 heavy (non-hydrogen) atoms. The lowest BCUT2D eigenvalue weighted by molar-refractivity contribution is 1.10. The number of hydrogen-bond donors (Lipinski definition) is 1. The first kappa shape index (κ1) is 8.75. The number of thiol groups is 1. The molecular formula is C8H10ClNS. The van der Waals surface area contributed by atoms with Crippen LogP contribution in [0.2, 0.25) is 5.02 Å². The summed E-state index contributed by atoms with van der Waals surface area (Å²) < 4.78 is 0. The van der Waals surface area contributed by atoms with Crippen molar-refractivity contribution < 1.29 is 0 Å². The van der Waals surface area contributed by atoms with Crippen molar-refractivity contribution in [2.45, 2.75) is 0 Å². The van der Waals surface area contributed by atoms with Crippen molar-refractivity contribution in [1.82, 2.24) is 0 Å². The van der Waals surface area contributed by atoms with E-state index >= 15 is 0 Å². The van der Waals surface area contributed by atoms with Gasteiger partial charge in [-0.2, -0.15) is 12.6 Å². The lowest BCUT2D eigenvalue weighted by Gasteiger charge is -2.15. The van der Waals surface area contributed by atoms with Crippen molar-refractivity contribution in [3.63, 3.8) is 0 Å². The van der Waals surface area contributed by atoms with Gasteiger partial charge in [0.1, 0.15) is 0 Å². The molecule has 0 aliphatic rings. The lowest BCUT2D eigenvalue weighted by atomic mass is 10.3. The fourth-order valence-electron chi connectivity index (χ4n) is 0.777. The number of anilines is 1. The first-order valence-electron chi connectivity index (χ1n) is 3.31. The van der Waals surface area contributed by atoms with E-state index in [4.69, 9.17) is 11.6 Å². The maximum absolute atomic E-state index is 5.72. The number of rotatable bonds is 2. The molecule has 1 aromatic rings. The summed E-state index contributed by atoms with van der Waals surface area (Å²) in [6.45, 7) is 0. The van der Waals surface area contributed by atoms with Gasteiger partial charge in [0.25, 0.3) is 0 Å². The molecule has 0 bridgehead atoms. The van der Waals surface area contributed by atoms with Crippen LogP contribution in [0.1, 0.15) is 0 Å². The number of nitrogens with zero attached hydrogens (tertiary/aromatic N) is 1. The van der Waals surface area contributed by atoms with Crippen molar-refractivity contribution in [2.24, 2.45) is 0 Å². The molecule has 1 rings (SSSR count). The Balaban J connectivity index is 2.81. The minimum atomic E-state index is 0.710. The Morgan fingerprint density at radius 2 is 1.91 bits per heavy atom. The molecule has 0 amide bonds. The number of halogens is 1. The second-order valence-electron chi connectivity index (χ2n) is 2.32. The Bertz CT molecular complexity index is 222. The zero-order valence-electron chi connectivity index (χ0n) is 6.29. The van der Waals surface area contributed by atoms with E-state index in [9.17, 15) is 0 Å². The Kier molecular flexibility index (Phi) is 3.09.